The van der Waals surface area contributed by atoms with Gasteiger partial charge in [0.2, 0.25) is 0 Å². The van der Waals surface area contributed by atoms with Gasteiger partial charge in [-0.25, -0.2) is 4.98 Å². The first kappa shape index (κ1) is 14.4. The number of hydrogen-bond donors (Lipinski definition) is 1. The van der Waals surface area contributed by atoms with Crippen LogP contribution in [0, 0.1) is 11.3 Å². The molecule has 1 aromatic heterocycles. The van der Waals surface area contributed by atoms with E-state index in [4.69, 9.17) is 13.0 Å². The van der Waals surface area contributed by atoms with E-state index in [1.165, 1.54) is 6.92 Å². The maximum atomic E-state index is 7.32. The van der Waals surface area contributed by atoms with Crippen LogP contribution in [0.5, 0.6) is 0 Å². The molecule has 0 aliphatic rings. The van der Waals surface area contributed by atoms with Gasteiger partial charge < -0.3 is 4.98 Å². The number of aromatic nitrogens is 2. The molecule has 0 aliphatic heterocycles. The van der Waals surface area contributed by atoms with Gasteiger partial charge >= 0.3 is 0 Å². The van der Waals surface area contributed by atoms with Crippen LogP contribution in [0.1, 0.15) is 13.8 Å². The van der Waals surface area contributed by atoms with Crippen molar-refractivity contribution in [2.45, 2.75) is 20.2 Å². The molecule has 0 saturated heterocycles. The van der Waals surface area contributed by atoms with Crippen molar-refractivity contribution in [1.29, 1.82) is 5.26 Å². The summed E-state index contributed by atoms with van der Waals surface area (Å²) < 4.78 is 0. The van der Waals surface area contributed by atoms with Gasteiger partial charge in [0.15, 0.2) is 0 Å². The number of rotatable bonds is 2. The summed E-state index contributed by atoms with van der Waals surface area (Å²) in [6.07, 6.45) is 6.12. The number of nitrogens with zero attached hydrogens (tertiary/aromatic N) is 2. The number of aromatic amines is 1. The Morgan fingerprint density at radius 3 is 2.38 bits per heavy atom. The van der Waals surface area contributed by atoms with Crippen molar-refractivity contribution in [1.82, 2.24) is 9.97 Å². The molecule has 13 heavy (non-hydrogen) atoms. The van der Waals surface area contributed by atoms with E-state index in [9.17, 15) is 0 Å². The van der Waals surface area contributed by atoms with Crippen molar-refractivity contribution in [3.05, 3.63) is 18.7 Å². The Bertz CT molecular complexity index is 164. The van der Waals surface area contributed by atoms with Crippen molar-refractivity contribution < 1.29 is 0 Å². The van der Waals surface area contributed by atoms with E-state index in [-0.39, 0.29) is 0 Å². The molecule has 64 valence electrons. The Balaban J connectivity index is 0. The predicted molar refractivity (Wildman–Crippen MR) is 57.6 cm³/mol. The van der Waals surface area contributed by atoms with E-state index in [1.807, 2.05) is 14.1 Å². The maximum Gasteiger partial charge on any atom is 0.0919 e. The number of hydrogen-bond acceptors (Lipinski definition) is 2. The third-order valence-corrected chi connectivity index (χ3v) is 0.778. The molecular formula is C7H12B3N3. The minimum Gasteiger partial charge on any atom is -0.351 e. The highest BCUT2D eigenvalue weighted by Gasteiger charge is 1.73. The topological polar surface area (TPSA) is 52.5 Å². The number of nitriles is 1. The normalized spacial score (nSPS) is 6.23. The van der Waals surface area contributed by atoms with Crippen LogP contribution in [0.3, 0.4) is 0 Å². The van der Waals surface area contributed by atoms with Crippen molar-refractivity contribution in [2.75, 3.05) is 0 Å². The maximum absolute atomic E-state index is 7.32. The highest BCUT2D eigenvalue weighted by molar-refractivity contribution is 7.23. The minimum absolute atomic E-state index is 1.04. The van der Waals surface area contributed by atoms with Gasteiger partial charge in [-0.2, -0.15) is 5.26 Å². The van der Waals surface area contributed by atoms with Gasteiger partial charge in [-0.1, -0.05) is 13.2 Å². The van der Waals surface area contributed by atoms with E-state index in [0.29, 0.717) is 0 Å². The molecule has 0 aromatic carbocycles. The molecule has 0 aliphatic carbocycles. The van der Waals surface area contributed by atoms with Crippen LogP contribution in [0.2, 0.25) is 6.32 Å². The molecular weight excluding hydrogens is 159 g/mol. The zero-order valence-electron chi connectivity index (χ0n) is 8.07. The molecule has 0 amide bonds. The van der Waals surface area contributed by atoms with Crippen LogP contribution in [0.25, 0.3) is 0 Å². The van der Waals surface area contributed by atoms with Gasteiger partial charge in [0.1, 0.15) is 0 Å². The fraction of sp³-hybridized carbons (Fsp3) is 0.429. The Labute approximate surface area is 82.8 Å². The first-order valence-corrected chi connectivity index (χ1v) is 3.93. The Morgan fingerprint density at radius 2 is 2.31 bits per heavy atom. The monoisotopic (exact) mass is 171 g/mol. The molecule has 1 rings (SSSR count). The van der Waals surface area contributed by atoms with Crippen LogP contribution in [-0.4, -0.2) is 31.9 Å². The summed E-state index contributed by atoms with van der Waals surface area (Å²) in [6, 6.07) is 1.75. The number of nitrogens with one attached hydrogen (secondary N) is 1. The third kappa shape index (κ3) is 24.8. The fourth-order valence-corrected chi connectivity index (χ4v) is 0.351. The average Bonchev–Trinajstić information content (AvgIpc) is 2.64. The highest BCUT2D eigenvalue weighted by atomic mass is 14.8. The molecule has 0 saturated carbocycles. The largest absolute Gasteiger partial charge is 0.351 e. The van der Waals surface area contributed by atoms with Crippen LogP contribution < -0.4 is 0 Å². The minimum atomic E-state index is 1.04. The van der Waals surface area contributed by atoms with E-state index in [1.54, 1.807) is 31.9 Å². The van der Waals surface area contributed by atoms with Gasteiger partial charge in [-0.3, -0.25) is 0 Å². The lowest BCUT2D eigenvalue weighted by atomic mass is 9.27. The smallest absolute Gasteiger partial charge is 0.0919 e. The van der Waals surface area contributed by atoms with Crippen LogP contribution in [0.4, 0.5) is 0 Å². The molecule has 0 fully saturated rings. The predicted octanol–water partition coefficient (Wildman–Crippen LogP) is 0.771. The first-order chi connectivity index (χ1) is 6.33. The zero-order valence-corrected chi connectivity index (χ0v) is 8.07. The second-order valence-corrected chi connectivity index (χ2v) is 1.82. The molecule has 0 unspecified atom stereocenters. The Hall–Kier alpha value is -1.11. The Kier molecular flexibility index (Phi) is 19.0. The summed E-state index contributed by atoms with van der Waals surface area (Å²) in [5, 5.41) is 7.32. The van der Waals surface area contributed by atoms with Gasteiger partial charge in [-0.15, -0.1) is 0 Å². The van der Waals surface area contributed by atoms with Crippen molar-refractivity contribution >= 4 is 22.0 Å². The summed E-state index contributed by atoms with van der Waals surface area (Å²) in [5.41, 5.74) is 0. The molecule has 1 heterocycles. The van der Waals surface area contributed by atoms with E-state index in [0.717, 1.165) is 6.32 Å². The molecule has 1 N–H and O–H groups in total. The van der Waals surface area contributed by atoms with Crippen LogP contribution in [-0.2, 0) is 0 Å². The molecule has 6 heteroatoms. The van der Waals surface area contributed by atoms with Gasteiger partial charge in [0, 0.05) is 34.1 Å². The lowest BCUT2D eigenvalue weighted by Crippen LogP contribution is -1.98. The quantitative estimate of drug-likeness (QED) is 0.667. The molecule has 0 bridgehead atoms. The molecule has 0 spiro atoms. The highest BCUT2D eigenvalue weighted by Crippen LogP contribution is 1.63. The summed E-state index contributed by atoms with van der Waals surface area (Å²) in [6.45, 7) is 3.48. The first-order valence-electron chi connectivity index (χ1n) is 3.93. The molecule has 3 nitrogen and oxygen atoms in total. The van der Waals surface area contributed by atoms with E-state index in [2.05, 4.69) is 9.97 Å². The van der Waals surface area contributed by atoms with Gasteiger partial charge in [0.25, 0.3) is 0 Å². The molecule has 1 aromatic rings. The lowest BCUT2D eigenvalue weighted by Gasteiger charge is -1.74. The summed E-state index contributed by atoms with van der Waals surface area (Å²) >= 11 is 0. The SMILES string of the molecule is CC#N.[B][B][B]CC.c1c[nH]cn1. The van der Waals surface area contributed by atoms with E-state index >= 15 is 0 Å². The van der Waals surface area contributed by atoms with Gasteiger partial charge in [-0.05, 0) is 0 Å². The van der Waals surface area contributed by atoms with Crippen molar-refractivity contribution in [3.8, 4) is 6.07 Å². The second kappa shape index (κ2) is 17.1. The summed E-state index contributed by atoms with van der Waals surface area (Å²) in [7, 11) is 8.42. The number of H-pyrrole nitrogens is 1. The molecule has 0 atom stereocenters. The van der Waals surface area contributed by atoms with Crippen LogP contribution >= 0.6 is 0 Å². The lowest BCUT2D eigenvalue weighted by molar-refractivity contribution is 1.31. The fourth-order valence-electron chi connectivity index (χ4n) is 0.351. The van der Waals surface area contributed by atoms with Gasteiger partial charge in [0.05, 0.1) is 19.6 Å². The van der Waals surface area contributed by atoms with Crippen LogP contribution in [0.15, 0.2) is 18.7 Å². The summed E-state index contributed by atoms with van der Waals surface area (Å²) in [5.74, 6) is 0. The average molecular weight is 171 g/mol. The third-order valence-electron chi connectivity index (χ3n) is 0.778. The van der Waals surface area contributed by atoms with Crippen molar-refractivity contribution in [2.24, 2.45) is 0 Å². The Morgan fingerprint density at radius 1 is 1.69 bits per heavy atom. The second-order valence-electron chi connectivity index (χ2n) is 1.82. The molecule has 4 radical (unpaired) electrons. The summed E-state index contributed by atoms with van der Waals surface area (Å²) in [4.78, 5) is 6.42. The van der Waals surface area contributed by atoms with Crippen molar-refractivity contribution in [3.63, 3.8) is 0 Å². The zero-order chi connectivity index (χ0) is 10.4. The van der Waals surface area contributed by atoms with E-state index < -0.39 is 0 Å². The number of imidazole rings is 1. The standard InChI is InChI=1S/C3H4N2.C2H5B3.C2H3N/c1-2-5-3-4-1;1-2-4-5-3;1-2-3/h1-3H,(H,4,5);2H2,1H3;1H3.